The second-order valence-corrected chi connectivity index (χ2v) is 13.7. The van der Waals surface area contributed by atoms with Gasteiger partial charge in [0.15, 0.2) is 11.6 Å². The fourth-order valence-electron chi connectivity index (χ4n) is 7.76. The van der Waals surface area contributed by atoms with Crippen molar-refractivity contribution in [3.05, 3.63) is 89.2 Å². The summed E-state index contributed by atoms with van der Waals surface area (Å²) in [6, 6.07) is 16.9. The molecule has 9 nitrogen and oxygen atoms in total. The summed E-state index contributed by atoms with van der Waals surface area (Å²) < 4.78 is 38.4. The molecule has 1 N–H and O–H groups in total. The third-order valence-electron chi connectivity index (χ3n) is 10.2. The Hall–Kier alpha value is -4.87. The van der Waals surface area contributed by atoms with Gasteiger partial charge in [-0.05, 0) is 85.9 Å². The zero-order valence-electron chi connectivity index (χ0n) is 27.4. The average Bonchev–Trinajstić information content (AvgIpc) is 3.64. The molecule has 0 spiro atoms. The Morgan fingerprint density at radius 2 is 1.82 bits per heavy atom. The van der Waals surface area contributed by atoms with Crippen LogP contribution >= 0.6 is 11.6 Å². The van der Waals surface area contributed by atoms with E-state index in [1.165, 1.54) is 6.07 Å². The molecule has 8 rings (SSSR count). The summed E-state index contributed by atoms with van der Waals surface area (Å²) >= 11 is 6.91. The molecule has 2 bridgehead atoms. The van der Waals surface area contributed by atoms with Crippen molar-refractivity contribution in [3.8, 4) is 22.9 Å². The van der Waals surface area contributed by atoms with E-state index in [0.717, 1.165) is 36.2 Å². The summed E-state index contributed by atoms with van der Waals surface area (Å²) in [6.07, 6.45) is 6.12. The number of aromatic hydroxyl groups is 1. The number of halogens is 3. The number of anilines is 1. The number of likely N-dealkylation sites (tertiary alicyclic amines) is 1. The predicted octanol–water partition coefficient (Wildman–Crippen LogP) is 7.01. The van der Waals surface area contributed by atoms with E-state index in [4.69, 9.17) is 21.3 Å². The first-order valence-electron chi connectivity index (χ1n) is 16.9. The van der Waals surface area contributed by atoms with Crippen molar-refractivity contribution < 1.29 is 23.4 Å². The molecule has 0 radical (unpaired) electrons. The Bertz CT molecular complexity index is 2140. The zero-order valence-corrected chi connectivity index (χ0v) is 28.2. The zero-order chi connectivity index (χ0) is 34.5. The largest absolute Gasteiger partial charge is 0.508 e. The number of phenols is 1. The van der Waals surface area contributed by atoms with Crippen LogP contribution in [0.2, 0.25) is 5.02 Å². The standard InChI is InChI=1S/C38H35ClF2N6O3/c1-45-14-6-9-26(45)21-50-38-43-35-30(18-31(39)33(34(35)41)29-17-27(48)15-22-7-2-3-10-28(22)29)36(44-38)46-19-24-11-12-25(20-46)47(24)37(49)32(40)16-23-8-4-5-13-42-23/h2-5,7-8,10,13,15-18,24-26,48H,6,9,11-12,14,19-21H2,1H3/b32-16-/t24-,25+,26-/m0/s1. The molecule has 0 aliphatic carbocycles. The topological polar surface area (TPSA) is 94.9 Å². The summed E-state index contributed by atoms with van der Waals surface area (Å²) in [7, 11) is 2.05. The molecule has 256 valence electrons. The van der Waals surface area contributed by atoms with Gasteiger partial charge in [0.05, 0.1) is 22.8 Å². The number of rotatable bonds is 7. The molecule has 1 amide bonds. The van der Waals surface area contributed by atoms with Crippen molar-refractivity contribution in [2.45, 2.75) is 43.8 Å². The number of aromatic nitrogens is 3. The van der Waals surface area contributed by atoms with Gasteiger partial charge in [-0.3, -0.25) is 9.78 Å². The molecule has 0 saturated carbocycles. The molecule has 50 heavy (non-hydrogen) atoms. The number of nitrogens with zero attached hydrogens (tertiary/aromatic N) is 6. The molecule has 5 heterocycles. The van der Waals surface area contributed by atoms with E-state index in [2.05, 4.69) is 14.9 Å². The Kier molecular flexibility index (Phi) is 8.48. The van der Waals surface area contributed by atoms with Crippen molar-refractivity contribution in [2.75, 3.05) is 38.2 Å². The number of amides is 1. The van der Waals surface area contributed by atoms with Crippen LogP contribution in [0.4, 0.5) is 14.6 Å². The number of piperazine rings is 1. The monoisotopic (exact) mass is 696 g/mol. The number of pyridine rings is 1. The minimum atomic E-state index is -0.866. The van der Waals surface area contributed by atoms with Gasteiger partial charge in [0.25, 0.3) is 5.91 Å². The fourth-order valence-corrected chi connectivity index (χ4v) is 8.05. The molecule has 3 aliphatic heterocycles. The molecular formula is C38H35ClF2N6O3. The number of hydrogen-bond donors (Lipinski definition) is 1. The summed E-state index contributed by atoms with van der Waals surface area (Å²) in [6.45, 7) is 2.02. The van der Waals surface area contributed by atoms with Gasteiger partial charge in [0, 0.05) is 42.4 Å². The van der Waals surface area contributed by atoms with Gasteiger partial charge in [-0.2, -0.15) is 9.97 Å². The van der Waals surface area contributed by atoms with Gasteiger partial charge in [0.1, 0.15) is 23.7 Å². The maximum Gasteiger partial charge on any atom is 0.319 e. The number of likely N-dealkylation sites (N-methyl/N-ethyl adjacent to an activating group) is 1. The molecule has 3 aromatic carbocycles. The van der Waals surface area contributed by atoms with Gasteiger partial charge < -0.3 is 24.5 Å². The van der Waals surface area contributed by atoms with E-state index in [-0.39, 0.29) is 46.0 Å². The maximum atomic E-state index is 17.0. The number of ether oxygens (including phenoxy) is 1. The van der Waals surface area contributed by atoms with E-state index in [0.29, 0.717) is 55.0 Å². The lowest BCUT2D eigenvalue weighted by Crippen LogP contribution is -2.56. The molecule has 3 fully saturated rings. The van der Waals surface area contributed by atoms with Gasteiger partial charge in [0.2, 0.25) is 0 Å². The molecule has 2 aromatic heterocycles. The van der Waals surface area contributed by atoms with E-state index in [1.807, 2.05) is 36.2 Å². The SMILES string of the molecule is CN1CCC[C@H]1COc1nc(N2C[C@H]3CC[C@@H](C2)N3C(=O)/C(F)=C/c2ccccn2)c2cc(Cl)c(-c3cc(O)cc4ccccc34)c(F)c2n1. The highest BCUT2D eigenvalue weighted by Crippen LogP contribution is 2.43. The Morgan fingerprint density at radius 3 is 2.56 bits per heavy atom. The Morgan fingerprint density at radius 1 is 1.04 bits per heavy atom. The number of benzene rings is 3. The Labute approximate surface area is 292 Å². The Balaban J connectivity index is 1.19. The van der Waals surface area contributed by atoms with Crippen LogP contribution in [0.3, 0.4) is 0 Å². The first-order valence-corrected chi connectivity index (χ1v) is 17.2. The summed E-state index contributed by atoms with van der Waals surface area (Å²) in [5.41, 5.74) is 0.950. The number of fused-ring (bicyclic) bond motifs is 4. The molecule has 0 unspecified atom stereocenters. The predicted molar refractivity (Wildman–Crippen MR) is 189 cm³/mol. The van der Waals surface area contributed by atoms with Crippen LogP contribution in [0, 0.1) is 5.82 Å². The van der Waals surface area contributed by atoms with E-state index >= 15 is 8.78 Å². The van der Waals surface area contributed by atoms with Crippen LogP contribution in [-0.2, 0) is 4.79 Å². The highest BCUT2D eigenvalue weighted by molar-refractivity contribution is 6.35. The van der Waals surface area contributed by atoms with Crippen molar-refractivity contribution in [3.63, 3.8) is 0 Å². The lowest BCUT2D eigenvalue weighted by atomic mass is 9.96. The van der Waals surface area contributed by atoms with Crippen LogP contribution in [0.5, 0.6) is 11.8 Å². The molecule has 3 aliphatic rings. The first kappa shape index (κ1) is 32.3. The van der Waals surface area contributed by atoms with Crippen LogP contribution in [-0.4, -0.2) is 87.2 Å². The van der Waals surface area contributed by atoms with Crippen molar-refractivity contribution in [1.82, 2.24) is 24.8 Å². The van der Waals surface area contributed by atoms with Gasteiger partial charge in [-0.15, -0.1) is 0 Å². The minimum absolute atomic E-state index is 0.0171. The van der Waals surface area contributed by atoms with Crippen molar-refractivity contribution >= 4 is 51.1 Å². The molecule has 12 heteroatoms. The highest BCUT2D eigenvalue weighted by Gasteiger charge is 2.44. The van der Waals surface area contributed by atoms with Crippen molar-refractivity contribution in [1.29, 1.82) is 0 Å². The van der Waals surface area contributed by atoms with Crippen molar-refractivity contribution in [2.24, 2.45) is 0 Å². The molecule has 3 atom stereocenters. The fraction of sp³-hybridized carbons (Fsp3) is 0.316. The quantitative estimate of drug-likeness (QED) is 0.182. The number of hydrogen-bond acceptors (Lipinski definition) is 8. The second kappa shape index (κ2) is 13.1. The van der Waals surface area contributed by atoms with Gasteiger partial charge in [-0.1, -0.05) is 41.9 Å². The summed E-state index contributed by atoms with van der Waals surface area (Å²) in [4.78, 5) is 32.8. The third-order valence-corrected chi connectivity index (χ3v) is 10.5. The van der Waals surface area contributed by atoms with E-state index in [9.17, 15) is 9.90 Å². The number of phenolic OH excluding ortho intramolecular Hbond substituents is 1. The third kappa shape index (κ3) is 5.88. The van der Waals surface area contributed by atoms with Crippen LogP contribution < -0.4 is 9.64 Å². The van der Waals surface area contributed by atoms with E-state index < -0.39 is 17.6 Å². The molecule has 3 saturated heterocycles. The second-order valence-electron chi connectivity index (χ2n) is 13.3. The highest BCUT2D eigenvalue weighted by atomic mass is 35.5. The summed E-state index contributed by atoms with van der Waals surface area (Å²) in [5.74, 6) is -1.77. The van der Waals surface area contributed by atoms with Crippen LogP contribution in [0.25, 0.3) is 38.9 Å². The normalized spacial score (nSPS) is 21.0. The molecular weight excluding hydrogens is 662 g/mol. The van der Waals surface area contributed by atoms with Crippen LogP contribution in [0.1, 0.15) is 31.4 Å². The molecule has 5 aromatic rings. The van der Waals surface area contributed by atoms with Gasteiger partial charge >= 0.3 is 6.01 Å². The summed E-state index contributed by atoms with van der Waals surface area (Å²) in [5, 5.41) is 12.6. The first-order chi connectivity index (χ1) is 24.2. The maximum absolute atomic E-state index is 17.0. The average molecular weight is 697 g/mol. The van der Waals surface area contributed by atoms with Crippen LogP contribution in [0.15, 0.2) is 72.7 Å². The minimum Gasteiger partial charge on any atom is -0.508 e. The number of carbonyl (C=O) groups is 1. The van der Waals surface area contributed by atoms with Gasteiger partial charge in [-0.25, -0.2) is 8.78 Å². The lowest BCUT2D eigenvalue weighted by molar-refractivity contribution is -0.131. The number of carbonyl (C=O) groups excluding carboxylic acids is 1. The lowest BCUT2D eigenvalue weighted by Gasteiger charge is -2.41. The van der Waals surface area contributed by atoms with E-state index in [1.54, 1.807) is 41.4 Å². The smallest absolute Gasteiger partial charge is 0.319 e.